The molecule has 0 aromatic carbocycles. The Hall–Kier alpha value is 0.160. The molecule has 0 radical (unpaired) electrons. The van der Waals surface area contributed by atoms with Gasteiger partial charge in [-0.1, -0.05) is 0 Å². The van der Waals surface area contributed by atoms with Crippen molar-refractivity contribution in [1.29, 1.82) is 0 Å². The number of sulfonamides is 1. The zero-order valence-electron chi connectivity index (χ0n) is 8.45. The molecular formula is C8H17ClN2O2S. The zero-order valence-corrected chi connectivity index (χ0v) is 10.0. The first-order valence-electron chi connectivity index (χ1n) is 4.78. The topological polar surface area (TPSA) is 40.6 Å². The van der Waals surface area contributed by atoms with Crippen molar-refractivity contribution in [1.82, 2.24) is 9.21 Å². The molecule has 0 aromatic heterocycles. The van der Waals surface area contributed by atoms with Crippen molar-refractivity contribution in [2.24, 2.45) is 0 Å². The monoisotopic (exact) mass is 240 g/mol. The Bertz CT molecular complexity index is 259. The van der Waals surface area contributed by atoms with Crippen LogP contribution in [0.1, 0.15) is 12.8 Å². The number of hydrogen-bond donors (Lipinski definition) is 0. The summed E-state index contributed by atoms with van der Waals surface area (Å²) in [5, 5.41) is -0.303. The molecule has 4 nitrogen and oxygen atoms in total. The second-order valence-electron chi connectivity index (χ2n) is 3.63. The number of alkyl halides is 1. The van der Waals surface area contributed by atoms with E-state index in [1.807, 2.05) is 0 Å². The lowest BCUT2D eigenvalue weighted by Crippen LogP contribution is -2.39. The van der Waals surface area contributed by atoms with Gasteiger partial charge in [0.1, 0.15) is 5.21 Å². The third-order valence-corrected chi connectivity index (χ3v) is 4.68. The quantitative estimate of drug-likeness (QED) is 0.662. The molecule has 1 heterocycles. The predicted molar refractivity (Wildman–Crippen MR) is 57.9 cm³/mol. The van der Waals surface area contributed by atoms with Crippen molar-refractivity contribution < 1.29 is 8.42 Å². The molecule has 14 heavy (non-hydrogen) atoms. The molecule has 0 spiro atoms. The van der Waals surface area contributed by atoms with Crippen LogP contribution in [0.3, 0.4) is 0 Å². The maximum atomic E-state index is 11.5. The number of nitrogens with zero attached hydrogens (tertiary/aromatic N) is 2. The SMILES string of the molecule is CN1CCCN(S(=O)(=O)CCl)CCC1. The molecule has 0 saturated carbocycles. The van der Waals surface area contributed by atoms with Crippen molar-refractivity contribution >= 4 is 21.6 Å². The molecule has 1 aliphatic heterocycles. The minimum atomic E-state index is -3.20. The molecule has 0 N–H and O–H groups in total. The average Bonchev–Trinajstić information content (AvgIpc) is 2.11. The van der Waals surface area contributed by atoms with E-state index in [1.165, 1.54) is 4.31 Å². The van der Waals surface area contributed by atoms with Crippen LogP contribution in [0.5, 0.6) is 0 Å². The van der Waals surface area contributed by atoms with Gasteiger partial charge in [0.25, 0.3) is 0 Å². The first kappa shape index (κ1) is 12.2. The fourth-order valence-electron chi connectivity index (χ4n) is 1.60. The van der Waals surface area contributed by atoms with Crippen LogP contribution in [0.15, 0.2) is 0 Å². The molecule has 0 unspecified atom stereocenters. The van der Waals surface area contributed by atoms with Gasteiger partial charge in [-0.3, -0.25) is 0 Å². The third kappa shape index (κ3) is 3.38. The molecule has 1 rings (SSSR count). The second-order valence-corrected chi connectivity index (χ2v) is 6.18. The summed E-state index contributed by atoms with van der Waals surface area (Å²) in [6, 6.07) is 0. The van der Waals surface area contributed by atoms with Crippen LogP contribution in [0.4, 0.5) is 0 Å². The van der Waals surface area contributed by atoms with Gasteiger partial charge in [-0.15, -0.1) is 11.6 Å². The van der Waals surface area contributed by atoms with Gasteiger partial charge in [-0.25, -0.2) is 12.7 Å². The Morgan fingerprint density at radius 3 is 2.07 bits per heavy atom. The maximum absolute atomic E-state index is 11.5. The summed E-state index contributed by atoms with van der Waals surface area (Å²) < 4.78 is 24.5. The zero-order chi connectivity index (χ0) is 10.6. The van der Waals surface area contributed by atoms with Gasteiger partial charge in [-0.2, -0.15) is 0 Å². The molecule has 0 amide bonds. The van der Waals surface area contributed by atoms with E-state index in [9.17, 15) is 8.42 Å². The van der Waals surface area contributed by atoms with Gasteiger partial charge >= 0.3 is 0 Å². The van der Waals surface area contributed by atoms with Crippen LogP contribution in [0.25, 0.3) is 0 Å². The fourth-order valence-corrected chi connectivity index (χ4v) is 2.97. The smallest absolute Gasteiger partial charge is 0.228 e. The molecule has 1 saturated heterocycles. The van der Waals surface area contributed by atoms with Crippen molar-refractivity contribution in [3.8, 4) is 0 Å². The average molecular weight is 241 g/mol. The Labute approximate surface area is 90.9 Å². The van der Waals surface area contributed by atoms with Crippen LogP contribution < -0.4 is 0 Å². The van der Waals surface area contributed by atoms with E-state index >= 15 is 0 Å². The van der Waals surface area contributed by atoms with Crippen molar-refractivity contribution in [2.45, 2.75) is 12.8 Å². The Kier molecular flexibility index (Phi) is 4.63. The van der Waals surface area contributed by atoms with E-state index in [0.717, 1.165) is 25.9 Å². The van der Waals surface area contributed by atoms with E-state index < -0.39 is 10.0 Å². The first-order chi connectivity index (χ1) is 6.56. The lowest BCUT2D eigenvalue weighted by Gasteiger charge is -2.26. The van der Waals surface area contributed by atoms with Gasteiger partial charge in [-0.05, 0) is 33.0 Å². The summed E-state index contributed by atoms with van der Waals surface area (Å²) in [7, 11) is -1.14. The van der Waals surface area contributed by atoms with Crippen LogP contribution in [-0.4, -0.2) is 56.1 Å². The van der Waals surface area contributed by atoms with Crippen molar-refractivity contribution in [3.63, 3.8) is 0 Å². The lowest BCUT2D eigenvalue weighted by atomic mass is 10.3. The van der Waals surface area contributed by atoms with E-state index in [-0.39, 0.29) is 5.21 Å². The van der Waals surface area contributed by atoms with E-state index in [2.05, 4.69) is 11.9 Å². The van der Waals surface area contributed by atoms with Crippen LogP contribution >= 0.6 is 11.6 Å². The van der Waals surface area contributed by atoms with Gasteiger partial charge in [0.05, 0.1) is 0 Å². The molecule has 6 heteroatoms. The van der Waals surface area contributed by atoms with Gasteiger partial charge in [0.15, 0.2) is 0 Å². The van der Waals surface area contributed by atoms with Gasteiger partial charge in [0, 0.05) is 13.1 Å². The maximum Gasteiger partial charge on any atom is 0.228 e. The highest BCUT2D eigenvalue weighted by molar-refractivity contribution is 7.90. The summed E-state index contributed by atoms with van der Waals surface area (Å²) >= 11 is 5.41. The van der Waals surface area contributed by atoms with E-state index in [0.29, 0.717) is 13.1 Å². The van der Waals surface area contributed by atoms with Crippen molar-refractivity contribution in [2.75, 3.05) is 38.4 Å². The Morgan fingerprint density at radius 2 is 1.64 bits per heavy atom. The highest BCUT2D eigenvalue weighted by atomic mass is 35.5. The molecule has 0 bridgehead atoms. The summed E-state index contributed by atoms with van der Waals surface area (Å²) in [6.07, 6.45) is 1.76. The fraction of sp³-hybridized carbons (Fsp3) is 1.00. The minimum absolute atomic E-state index is 0.303. The van der Waals surface area contributed by atoms with Gasteiger partial charge in [0.2, 0.25) is 10.0 Å². The summed E-state index contributed by atoms with van der Waals surface area (Å²) in [4.78, 5) is 2.23. The molecule has 1 fully saturated rings. The number of rotatable bonds is 2. The predicted octanol–water partition coefficient (Wildman–Crippen LogP) is 0.540. The molecular weight excluding hydrogens is 224 g/mol. The van der Waals surface area contributed by atoms with Crippen LogP contribution in [0, 0.1) is 0 Å². The second kappa shape index (κ2) is 5.30. The molecule has 0 aromatic rings. The Balaban J connectivity index is 2.55. The first-order valence-corrected chi connectivity index (χ1v) is 6.93. The summed E-state index contributed by atoms with van der Waals surface area (Å²) in [6.45, 7) is 3.10. The largest absolute Gasteiger partial charge is 0.306 e. The number of halogens is 1. The highest BCUT2D eigenvalue weighted by Crippen LogP contribution is 2.09. The number of hydrogen-bond acceptors (Lipinski definition) is 3. The Morgan fingerprint density at radius 1 is 1.14 bits per heavy atom. The van der Waals surface area contributed by atoms with E-state index in [4.69, 9.17) is 11.6 Å². The molecule has 1 aliphatic rings. The molecule has 0 atom stereocenters. The minimum Gasteiger partial charge on any atom is -0.306 e. The lowest BCUT2D eigenvalue weighted by molar-refractivity contribution is 0.263. The van der Waals surface area contributed by atoms with Crippen LogP contribution in [-0.2, 0) is 10.0 Å². The summed E-state index contributed by atoms with van der Waals surface area (Å²) in [5.41, 5.74) is 0. The highest BCUT2D eigenvalue weighted by Gasteiger charge is 2.21. The van der Waals surface area contributed by atoms with Crippen molar-refractivity contribution in [3.05, 3.63) is 0 Å². The summed E-state index contributed by atoms with van der Waals surface area (Å²) in [5.74, 6) is 0. The molecule has 84 valence electrons. The third-order valence-electron chi connectivity index (χ3n) is 2.43. The van der Waals surface area contributed by atoms with Gasteiger partial charge < -0.3 is 4.90 Å². The normalized spacial score (nSPS) is 23.0. The van der Waals surface area contributed by atoms with Crippen LogP contribution in [0.2, 0.25) is 0 Å². The van der Waals surface area contributed by atoms with E-state index in [1.54, 1.807) is 0 Å². The molecule has 0 aliphatic carbocycles. The standard InChI is InChI=1S/C8H17ClN2O2S/c1-10-4-2-6-11(7-3-5-10)14(12,13)8-9/h2-8H2,1H3.